The number of benzene rings is 1. The molecule has 0 saturated heterocycles. The molecule has 1 aromatic heterocycles. The Morgan fingerprint density at radius 3 is 2.95 bits per heavy atom. The summed E-state index contributed by atoms with van der Waals surface area (Å²) in [5.74, 6) is -0.375. The van der Waals surface area contributed by atoms with E-state index in [4.69, 9.17) is 4.74 Å². The van der Waals surface area contributed by atoms with Crippen molar-refractivity contribution in [1.82, 2.24) is 4.57 Å². The van der Waals surface area contributed by atoms with E-state index < -0.39 is 4.92 Å². The summed E-state index contributed by atoms with van der Waals surface area (Å²) in [5.41, 5.74) is 0.946. The third kappa shape index (κ3) is 3.03. The number of nitrogens with zero attached hydrogens (tertiary/aromatic N) is 2. The van der Waals surface area contributed by atoms with E-state index in [1.807, 2.05) is 10.8 Å². The average Bonchev–Trinajstić information content (AvgIpc) is 2.81. The largest absolute Gasteiger partial charge is 0.463 e. The minimum Gasteiger partial charge on any atom is -0.463 e. The van der Waals surface area contributed by atoms with Gasteiger partial charge in [0.15, 0.2) is 0 Å². The van der Waals surface area contributed by atoms with E-state index in [2.05, 4.69) is 0 Å². The van der Waals surface area contributed by atoms with Crippen LogP contribution in [-0.4, -0.2) is 22.1 Å². The van der Waals surface area contributed by atoms with Crippen LogP contribution in [0.3, 0.4) is 0 Å². The minimum atomic E-state index is -0.419. The number of hydrogen-bond donors (Lipinski definition) is 0. The van der Waals surface area contributed by atoms with Gasteiger partial charge in [0, 0.05) is 41.9 Å². The smallest absolute Gasteiger partial charge is 0.330 e. The summed E-state index contributed by atoms with van der Waals surface area (Å²) in [5, 5.41) is 11.5. The molecule has 0 atom stereocenters. The Morgan fingerprint density at radius 2 is 2.25 bits per heavy atom. The second kappa shape index (κ2) is 6.01. The lowest BCUT2D eigenvalue weighted by atomic mass is 10.2. The number of carbonyl (C=O) groups is 1. The normalized spacial score (nSPS) is 11.1. The molecule has 6 nitrogen and oxygen atoms in total. The Morgan fingerprint density at radius 1 is 1.45 bits per heavy atom. The van der Waals surface area contributed by atoms with Gasteiger partial charge in [0.05, 0.1) is 11.5 Å². The van der Waals surface area contributed by atoms with E-state index in [-0.39, 0.29) is 11.7 Å². The van der Waals surface area contributed by atoms with Gasteiger partial charge < -0.3 is 9.30 Å². The Balaban J connectivity index is 2.16. The number of fused-ring (bicyclic) bond motifs is 1. The van der Waals surface area contributed by atoms with E-state index in [1.54, 1.807) is 25.1 Å². The molecule has 0 N–H and O–H groups in total. The molecule has 0 aliphatic rings. The zero-order valence-corrected chi connectivity index (χ0v) is 11.0. The summed E-state index contributed by atoms with van der Waals surface area (Å²) in [6.45, 7) is 2.59. The molecule has 0 radical (unpaired) electrons. The molecular weight excluding hydrogens is 260 g/mol. The fourth-order valence-corrected chi connectivity index (χ4v) is 1.91. The first-order chi connectivity index (χ1) is 9.61. The first-order valence-corrected chi connectivity index (χ1v) is 6.18. The molecule has 0 amide bonds. The predicted molar refractivity (Wildman–Crippen MR) is 74.4 cm³/mol. The zero-order chi connectivity index (χ0) is 14.5. The van der Waals surface area contributed by atoms with Gasteiger partial charge in [0.2, 0.25) is 0 Å². The number of nitro benzene ring substituents is 1. The Bertz CT molecular complexity index is 673. The van der Waals surface area contributed by atoms with Gasteiger partial charge >= 0.3 is 5.97 Å². The van der Waals surface area contributed by atoms with E-state index in [9.17, 15) is 14.9 Å². The lowest BCUT2D eigenvalue weighted by Gasteiger charge is -2.01. The molecule has 20 heavy (non-hydrogen) atoms. The van der Waals surface area contributed by atoms with Crippen molar-refractivity contribution in [2.45, 2.75) is 13.5 Å². The monoisotopic (exact) mass is 274 g/mol. The third-order valence-corrected chi connectivity index (χ3v) is 2.81. The number of aromatic nitrogens is 1. The van der Waals surface area contributed by atoms with E-state index in [1.165, 1.54) is 18.2 Å². The van der Waals surface area contributed by atoms with Gasteiger partial charge in [-0.15, -0.1) is 0 Å². The molecule has 0 aliphatic carbocycles. The second-order valence-electron chi connectivity index (χ2n) is 4.12. The van der Waals surface area contributed by atoms with Crippen molar-refractivity contribution in [3.05, 3.63) is 52.7 Å². The van der Waals surface area contributed by atoms with Gasteiger partial charge in [-0.3, -0.25) is 10.1 Å². The lowest BCUT2D eigenvalue weighted by Crippen LogP contribution is -2.00. The van der Waals surface area contributed by atoms with Crippen LogP contribution in [0.25, 0.3) is 10.9 Å². The van der Waals surface area contributed by atoms with Gasteiger partial charge in [-0.05, 0) is 19.1 Å². The summed E-state index contributed by atoms with van der Waals surface area (Å²) < 4.78 is 6.68. The van der Waals surface area contributed by atoms with Crippen molar-refractivity contribution >= 4 is 22.6 Å². The first-order valence-electron chi connectivity index (χ1n) is 6.18. The fraction of sp³-hybridized carbons (Fsp3) is 0.214. The molecule has 0 fully saturated rings. The highest BCUT2D eigenvalue weighted by atomic mass is 16.6. The van der Waals surface area contributed by atoms with E-state index in [0.29, 0.717) is 13.2 Å². The number of non-ortho nitro benzene ring substituents is 1. The Hall–Kier alpha value is -2.63. The number of allylic oxidation sites excluding steroid dienone is 1. The number of carbonyl (C=O) groups excluding carboxylic acids is 1. The van der Waals surface area contributed by atoms with Crippen molar-refractivity contribution in [1.29, 1.82) is 0 Å². The van der Waals surface area contributed by atoms with Crippen LogP contribution in [0.5, 0.6) is 0 Å². The molecule has 0 spiro atoms. The Labute approximate surface area is 115 Å². The van der Waals surface area contributed by atoms with Gasteiger partial charge in [-0.25, -0.2) is 4.79 Å². The number of hydrogen-bond acceptors (Lipinski definition) is 4. The first kappa shape index (κ1) is 13.8. The maximum absolute atomic E-state index is 11.2. The van der Waals surface area contributed by atoms with Crippen molar-refractivity contribution in [2.75, 3.05) is 6.61 Å². The molecule has 0 bridgehead atoms. The highest BCUT2D eigenvalue weighted by molar-refractivity contribution is 5.83. The molecule has 0 aliphatic heterocycles. The highest BCUT2D eigenvalue weighted by Gasteiger charge is 2.08. The number of rotatable bonds is 5. The summed E-state index contributed by atoms with van der Waals surface area (Å²) in [6, 6.07) is 6.50. The maximum Gasteiger partial charge on any atom is 0.330 e. The zero-order valence-electron chi connectivity index (χ0n) is 11.0. The number of ether oxygens (including phenoxy) is 1. The lowest BCUT2D eigenvalue weighted by molar-refractivity contribution is -0.384. The molecule has 2 rings (SSSR count). The van der Waals surface area contributed by atoms with Crippen LogP contribution in [0, 0.1) is 10.1 Å². The SMILES string of the molecule is CCOC(=O)/C=C/Cn1ccc2cc([N+](=O)[O-])ccc21. The standard InChI is InChI=1S/C14H14N2O4/c1-2-20-14(17)4-3-8-15-9-7-11-10-12(16(18)19)5-6-13(11)15/h3-7,9-10H,2,8H2,1H3/b4-3+. The molecule has 1 heterocycles. The van der Waals surface area contributed by atoms with Crippen molar-refractivity contribution in [2.24, 2.45) is 0 Å². The number of nitro groups is 1. The summed E-state index contributed by atoms with van der Waals surface area (Å²) in [4.78, 5) is 21.4. The van der Waals surface area contributed by atoms with Crippen molar-refractivity contribution < 1.29 is 14.5 Å². The molecule has 104 valence electrons. The van der Waals surface area contributed by atoms with Crippen LogP contribution < -0.4 is 0 Å². The summed E-state index contributed by atoms with van der Waals surface area (Å²) in [6.07, 6.45) is 4.89. The molecular formula is C14H14N2O4. The van der Waals surface area contributed by atoms with Gasteiger partial charge in [-0.2, -0.15) is 0 Å². The van der Waals surface area contributed by atoms with Crippen LogP contribution in [0.1, 0.15) is 6.92 Å². The minimum absolute atomic E-state index is 0.0670. The fourth-order valence-electron chi connectivity index (χ4n) is 1.91. The van der Waals surface area contributed by atoms with E-state index in [0.717, 1.165) is 10.9 Å². The molecule has 0 saturated carbocycles. The molecule has 6 heteroatoms. The average molecular weight is 274 g/mol. The van der Waals surface area contributed by atoms with Crippen LogP contribution in [-0.2, 0) is 16.1 Å². The van der Waals surface area contributed by atoms with Gasteiger partial charge in [-0.1, -0.05) is 6.08 Å². The van der Waals surface area contributed by atoms with Crippen LogP contribution in [0.4, 0.5) is 5.69 Å². The van der Waals surface area contributed by atoms with E-state index >= 15 is 0 Å². The topological polar surface area (TPSA) is 74.4 Å². The van der Waals surface area contributed by atoms with Crippen molar-refractivity contribution in [3.63, 3.8) is 0 Å². The second-order valence-corrected chi connectivity index (χ2v) is 4.12. The van der Waals surface area contributed by atoms with Gasteiger partial charge in [0.25, 0.3) is 5.69 Å². The number of esters is 1. The quantitative estimate of drug-likeness (QED) is 0.363. The Kier molecular flexibility index (Phi) is 4.14. The summed E-state index contributed by atoms with van der Waals surface area (Å²) >= 11 is 0. The van der Waals surface area contributed by atoms with Crippen LogP contribution in [0.2, 0.25) is 0 Å². The van der Waals surface area contributed by atoms with Gasteiger partial charge in [0.1, 0.15) is 0 Å². The molecule has 2 aromatic rings. The predicted octanol–water partition coefficient (Wildman–Crippen LogP) is 2.67. The maximum atomic E-state index is 11.2. The summed E-state index contributed by atoms with van der Waals surface area (Å²) in [7, 11) is 0. The third-order valence-electron chi connectivity index (χ3n) is 2.81. The highest BCUT2D eigenvalue weighted by Crippen LogP contribution is 2.21. The van der Waals surface area contributed by atoms with Crippen LogP contribution >= 0.6 is 0 Å². The van der Waals surface area contributed by atoms with Crippen molar-refractivity contribution in [3.8, 4) is 0 Å². The molecule has 1 aromatic carbocycles. The van der Waals surface area contributed by atoms with Crippen LogP contribution in [0.15, 0.2) is 42.6 Å². The molecule has 0 unspecified atom stereocenters.